The number of imidazole rings is 1. The van der Waals surface area contributed by atoms with Crippen molar-refractivity contribution in [2.24, 2.45) is 0 Å². The highest BCUT2D eigenvalue weighted by molar-refractivity contribution is 7.99. The number of aliphatic hydroxyl groups excluding tert-OH is 1. The molecule has 1 N–H and O–H groups in total. The van der Waals surface area contributed by atoms with E-state index in [9.17, 15) is 0 Å². The van der Waals surface area contributed by atoms with E-state index in [1.54, 1.807) is 18.0 Å². The smallest absolute Gasteiger partial charge is 0.172 e. The maximum absolute atomic E-state index is 8.87. The molecule has 0 radical (unpaired) electrons. The quantitative estimate of drug-likeness (QED) is 0.842. The number of hydrogen-bond acceptors (Lipinski definition) is 3. The van der Waals surface area contributed by atoms with E-state index >= 15 is 0 Å². The van der Waals surface area contributed by atoms with Crippen molar-refractivity contribution in [2.75, 3.05) is 12.4 Å². The Hall–Kier alpha value is -1.26. The summed E-state index contributed by atoms with van der Waals surface area (Å²) in [6.07, 6.45) is 3.74. The molecule has 0 spiro atoms. The van der Waals surface area contributed by atoms with Gasteiger partial charge in [0.1, 0.15) is 0 Å². The van der Waals surface area contributed by atoms with Crippen molar-refractivity contribution in [2.45, 2.75) is 24.9 Å². The summed E-state index contributed by atoms with van der Waals surface area (Å²) in [7, 11) is 0. The zero-order chi connectivity index (χ0) is 13.0. The number of nitrogens with zero attached hydrogens (tertiary/aromatic N) is 2. The molecule has 0 atom stereocenters. The Balaban J connectivity index is 2.23. The van der Waals surface area contributed by atoms with Crippen molar-refractivity contribution in [3.63, 3.8) is 0 Å². The fourth-order valence-electron chi connectivity index (χ4n) is 1.75. The lowest BCUT2D eigenvalue weighted by molar-refractivity contribution is 0.322. The molecule has 0 bridgehead atoms. The molecule has 2 rings (SSSR count). The third-order valence-corrected chi connectivity index (χ3v) is 3.71. The van der Waals surface area contributed by atoms with Crippen molar-refractivity contribution in [1.29, 1.82) is 0 Å². The number of hydrogen-bond donors (Lipinski definition) is 1. The van der Waals surface area contributed by atoms with Crippen LogP contribution >= 0.6 is 11.8 Å². The highest BCUT2D eigenvalue weighted by atomic mass is 32.2. The molecule has 0 amide bonds. The van der Waals surface area contributed by atoms with Crippen molar-refractivity contribution < 1.29 is 5.11 Å². The Morgan fingerprint density at radius 3 is 2.61 bits per heavy atom. The summed E-state index contributed by atoms with van der Waals surface area (Å²) >= 11 is 1.56. The first kappa shape index (κ1) is 13.2. The van der Waals surface area contributed by atoms with Crippen LogP contribution in [-0.2, 0) is 0 Å². The molecule has 4 heteroatoms. The van der Waals surface area contributed by atoms with Gasteiger partial charge in [0.25, 0.3) is 0 Å². The van der Waals surface area contributed by atoms with Crippen LogP contribution in [0.3, 0.4) is 0 Å². The fourth-order valence-corrected chi connectivity index (χ4v) is 2.46. The van der Waals surface area contributed by atoms with Crippen LogP contribution in [-0.4, -0.2) is 27.0 Å². The highest BCUT2D eigenvalue weighted by Crippen LogP contribution is 2.22. The molecular weight excluding hydrogens is 244 g/mol. The van der Waals surface area contributed by atoms with Crippen LogP contribution in [0.4, 0.5) is 0 Å². The van der Waals surface area contributed by atoms with Gasteiger partial charge in [-0.1, -0.05) is 37.7 Å². The van der Waals surface area contributed by atoms with Crippen LogP contribution in [0.2, 0.25) is 0 Å². The second kappa shape index (κ2) is 6.07. The lowest BCUT2D eigenvalue weighted by atomic mass is 10.0. The predicted octanol–water partition coefficient (Wildman–Crippen LogP) is 3.08. The molecule has 0 aliphatic carbocycles. The second-order valence-electron chi connectivity index (χ2n) is 4.40. The predicted molar refractivity (Wildman–Crippen MR) is 75.5 cm³/mol. The standard InChI is InChI=1S/C14H18N2OS/c1-11(2)12-3-5-13(6-4-12)16-8-7-15-14(16)18-10-9-17/h3-8,11,17H,9-10H2,1-2H3. The SMILES string of the molecule is CC(C)c1ccc(-n2ccnc2SCCO)cc1. The topological polar surface area (TPSA) is 38.0 Å². The number of aliphatic hydroxyl groups is 1. The minimum absolute atomic E-state index is 0.170. The first-order valence-electron chi connectivity index (χ1n) is 6.09. The summed E-state index contributed by atoms with van der Waals surface area (Å²) in [4.78, 5) is 4.30. The Morgan fingerprint density at radius 2 is 2.00 bits per heavy atom. The van der Waals surface area contributed by atoms with Gasteiger partial charge in [0, 0.05) is 23.8 Å². The molecule has 0 aliphatic heterocycles. The number of aromatic nitrogens is 2. The van der Waals surface area contributed by atoms with E-state index in [0.717, 1.165) is 10.8 Å². The normalized spacial score (nSPS) is 11.1. The van der Waals surface area contributed by atoms with Crippen molar-refractivity contribution >= 4 is 11.8 Å². The van der Waals surface area contributed by atoms with E-state index in [2.05, 4.69) is 43.1 Å². The van der Waals surface area contributed by atoms with E-state index in [-0.39, 0.29) is 6.61 Å². The maximum atomic E-state index is 8.87. The summed E-state index contributed by atoms with van der Waals surface area (Å²) in [5, 5.41) is 9.78. The van der Waals surface area contributed by atoms with Gasteiger partial charge in [0.05, 0.1) is 6.61 Å². The molecule has 0 saturated heterocycles. The van der Waals surface area contributed by atoms with E-state index in [0.29, 0.717) is 11.7 Å². The van der Waals surface area contributed by atoms with Gasteiger partial charge in [0.2, 0.25) is 0 Å². The van der Waals surface area contributed by atoms with Crippen LogP contribution in [0.1, 0.15) is 25.3 Å². The Bertz CT molecular complexity index is 491. The Labute approximate surface area is 112 Å². The second-order valence-corrected chi connectivity index (χ2v) is 5.46. The minimum atomic E-state index is 0.170. The first-order valence-corrected chi connectivity index (χ1v) is 7.08. The van der Waals surface area contributed by atoms with Crippen molar-refractivity contribution in [3.05, 3.63) is 42.2 Å². The highest BCUT2D eigenvalue weighted by Gasteiger charge is 2.06. The Morgan fingerprint density at radius 1 is 1.28 bits per heavy atom. The monoisotopic (exact) mass is 262 g/mol. The van der Waals surface area contributed by atoms with Gasteiger partial charge < -0.3 is 5.11 Å². The molecule has 0 unspecified atom stereocenters. The lowest BCUT2D eigenvalue weighted by Gasteiger charge is -2.09. The van der Waals surface area contributed by atoms with Gasteiger partial charge in [0.15, 0.2) is 5.16 Å². The molecule has 0 saturated carbocycles. The van der Waals surface area contributed by atoms with Crippen LogP contribution in [0, 0.1) is 0 Å². The van der Waals surface area contributed by atoms with Crippen molar-refractivity contribution in [1.82, 2.24) is 9.55 Å². The summed E-state index contributed by atoms with van der Waals surface area (Å²) in [5.41, 5.74) is 2.45. The molecule has 0 fully saturated rings. The summed E-state index contributed by atoms with van der Waals surface area (Å²) in [5.74, 6) is 1.21. The van der Waals surface area contributed by atoms with Gasteiger partial charge >= 0.3 is 0 Å². The lowest BCUT2D eigenvalue weighted by Crippen LogP contribution is -1.97. The molecule has 3 nitrogen and oxygen atoms in total. The van der Waals surface area contributed by atoms with Crippen LogP contribution in [0.15, 0.2) is 41.8 Å². The van der Waals surface area contributed by atoms with Gasteiger partial charge in [-0.2, -0.15) is 0 Å². The van der Waals surface area contributed by atoms with Crippen molar-refractivity contribution in [3.8, 4) is 5.69 Å². The summed E-state index contributed by atoms with van der Waals surface area (Å²) in [6.45, 7) is 4.55. The first-order chi connectivity index (χ1) is 8.72. The molecule has 1 aromatic carbocycles. The molecule has 96 valence electrons. The largest absolute Gasteiger partial charge is 0.396 e. The minimum Gasteiger partial charge on any atom is -0.396 e. The zero-order valence-corrected chi connectivity index (χ0v) is 11.5. The fraction of sp³-hybridized carbons (Fsp3) is 0.357. The van der Waals surface area contributed by atoms with E-state index in [1.165, 1.54) is 5.56 Å². The molecular formula is C14H18N2OS. The maximum Gasteiger partial charge on any atom is 0.172 e. The van der Waals surface area contributed by atoms with Gasteiger partial charge in [-0.05, 0) is 23.6 Å². The molecule has 0 aliphatic rings. The van der Waals surface area contributed by atoms with Gasteiger partial charge in [-0.15, -0.1) is 0 Å². The average molecular weight is 262 g/mol. The van der Waals surface area contributed by atoms with Crippen LogP contribution in [0.5, 0.6) is 0 Å². The van der Waals surface area contributed by atoms with E-state index in [4.69, 9.17) is 5.11 Å². The molecule has 18 heavy (non-hydrogen) atoms. The van der Waals surface area contributed by atoms with Gasteiger partial charge in [-0.3, -0.25) is 4.57 Å². The summed E-state index contributed by atoms with van der Waals surface area (Å²) < 4.78 is 2.05. The number of thioether (sulfide) groups is 1. The third kappa shape index (κ3) is 2.94. The van der Waals surface area contributed by atoms with Gasteiger partial charge in [-0.25, -0.2) is 4.98 Å². The zero-order valence-electron chi connectivity index (χ0n) is 10.7. The van der Waals surface area contributed by atoms with Crippen LogP contribution < -0.4 is 0 Å². The third-order valence-electron chi connectivity index (χ3n) is 2.77. The Kier molecular flexibility index (Phi) is 4.44. The number of rotatable bonds is 5. The molecule has 1 heterocycles. The molecule has 2 aromatic rings. The average Bonchev–Trinajstić information content (AvgIpc) is 2.84. The van der Waals surface area contributed by atoms with E-state index < -0.39 is 0 Å². The number of benzene rings is 1. The molecule has 1 aromatic heterocycles. The van der Waals surface area contributed by atoms with E-state index in [1.807, 2.05) is 10.8 Å². The summed E-state index contributed by atoms with van der Waals surface area (Å²) in [6, 6.07) is 8.53. The van der Waals surface area contributed by atoms with Crippen LogP contribution in [0.25, 0.3) is 5.69 Å².